The molecule has 18 heavy (non-hydrogen) atoms. The van der Waals surface area contributed by atoms with Crippen molar-refractivity contribution in [2.75, 3.05) is 20.8 Å². The van der Waals surface area contributed by atoms with Gasteiger partial charge in [0.05, 0.1) is 12.6 Å². The first kappa shape index (κ1) is 12.6. The van der Waals surface area contributed by atoms with E-state index in [0.717, 1.165) is 0 Å². The van der Waals surface area contributed by atoms with Crippen LogP contribution < -0.4 is 14.2 Å². The summed E-state index contributed by atoms with van der Waals surface area (Å²) in [5.74, 6) is 0.276. The van der Waals surface area contributed by atoms with Gasteiger partial charge in [0, 0.05) is 6.07 Å². The van der Waals surface area contributed by atoms with Gasteiger partial charge in [-0.05, 0) is 12.2 Å². The molecule has 5 nitrogen and oxygen atoms in total. The van der Waals surface area contributed by atoms with Gasteiger partial charge in [-0.15, -0.1) is 0 Å². The molecule has 1 heterocycles. The maximum atomic E-state index is 12.4. The third kappa shape index (κ3) is 2.10. The van der Waals surface area contributed by atoms with Crippen LogP contribution >= 0.6 is 12.2 Å². The first-order chi connectivity index (χ1) is 8.71. The molecule has 0 aliphatic carbocycles. The minimum atomic E-state index is -1.06. The Morgan fingerprint density at radius 2 is 1.89 bits per heavy atom. The molecule has 2 N–H and O–H groups in total. The Hall–Kier alpha value is -1.83. The number of alkyl halides is 2. The van der Waals surface area contributed by atoms with E-state index in [1.54, 1.807) is 0 Å². The Labute approximate surface area is 106 Å². The van der Waals surface area contributed by atoms with Crippen LogP contribution in [-0.4, -0.2) is 30.8 Å². The van der Waals surface area contributed by atoms with E-state index in [4.69, 9.17) is 26.4 Å². The van der Waals surface area contributed by atoms with Crippen molar-refractivity contribution in [2.45, 2.75) is 0 Å². The molecule has 0 spiro atoms. The first-order valence-corrected chi connectivity index (χ1v) is 5.32. The van der Waals surface area contributed by atoms with Crippen LogP contribution in [-0.2, 0) is 0 Å². The number of rotatable bonds is 5. The van der Waals surface area contributed by atoms with Crippen LogP contribution in [0.3, 0.4) is 0 Å². The van der Waals surface area contributed by atoms with Gasteiger partial charge in [0.25, 0.3) is 0 Å². The number of nitrogens with one attached hydrogen (secondary N) is 2. The second-order valence-corrected chi connectivity index (χ2v) is 3.65. The quantitative estimate of drug-likeness (QED) is 0.824. The summed E-state index contributed by atoms with van der Waals surface area (Å²) in [6.45, 7) is -2.10. The normalized spacial score (nSPS) is 10.6. The van der Waals surface area contributed by atoms with Gasteiger partial charge >= 0.3 is 0 Å². The monoisotopic (exact) mass is 276 g/mol. The van der Waals surface area contributed by atoms with Crippen molar-refractivity contribution in [3.63, 3.8) is 0 Å². The van der Waals surface area contributed by atoms with Crippen molar-refractivity contribution < 1.29 is 23.0 Å². The van der Waals surface area contributed by atoms with E-state index in [-0.39, 0.29) is 17.2 Å². The Morgan fingerprint density at radius 1 is 1.17 bits per heavy atom. The maximum Gasteiger partial charge on any atom is 0.228 e. The molecule has 8 heteroatoms. The molecule has 1 aromatic carbocycles. The van der Waals surface area contributed by atoms with Crippen molar-refractivity contribution in [1.29, 1.82) is 0 Å². The van der Waals surface area contributed by atoms with Gasteiger partial charge in [-0.1, -0.05) is 0 Å². The zero-order valence-electron chi connectivity index (χ0n) is 9.38. The fourth-order valence-corrected chi connectivity index (χ4v) is 1.87. The average Bonchev–Trinajstić information content (AvgIpc) is 2.70. The maximum absolute atomic E-state index is 12.4. The molecule has 2 aromatic rings. The fraction of sp³-hybridized carbons (Fsp3) is 0.300. The predicted octanol–water partition coefficient (Wildman–Crippen LogP) is 2.85. The van der Waals surface area contributed by atoms with E-state index in [2.05, 4.69) is 9.97 Å². The zero-order chi connectivity index (χ0) is 13.1. The summed E-state index contributed by atoms with van der Waals surface area (Å²) in [6.07, 6.45) is 0. The number of hydrogen-bond donors (Lipinski definition) is 2. The van der Waals surface area contributed by atoms with Gasteiger partial charge < -0.3 is 24.2 Å². The van der Waals surface area contributed by atoms with E-state index >= 15 is 0 Å². The molecular formula is C10H10F2N2O3S. The summed E-state index contributed by atoms with van der Waals surface area (Å²) in [5, 5.41) is 0. The molecule has 0 aliphatic heterocycles. The lowest BCUT2D eigenvalue weighted by Gasteiger charge is -2.13. The van der Waals surface area contributed by atoms with E-state index in [0.29, 0.717) is 15.8 Å². The Bertz CT molecular complexity index is 611. The van der Waals surface area contributed by atoms with Crippen LogP contribution in [0.15, 0.2) is 6.07 Å². The molecule has 98 valence electrons. The fourth-order valence-electron chi connectivity index (χ4n) is 1.66. The SMILES string of the molecule is COc1c(OCF)cc2[nH]c(=S)[nH]c2c1OCF. The minimum Gasteiger partial charge on any atom is -0.490 e. The molecular weight excluding hydrogens is 266 g/mol. The number of aromatic nitrogens is 2. The Morgan fingerprint density at radius 3 is 2.50 bits per heavy atom. The van der Waals surface area contributed by atoms with Crippen LogP contribution in [0.5, 0.6) is 17.2 Å². The molecule has 0 amide bonds. The Kier molecular flexibility index (Phi) is 3.66. The average molecular weight is 276 g/mol. The standard InChI is InChI=1S/C10H10F2N2O3S/c1-15-8-6(16-3-11)2-5-7(9(8)17-4-12)14-10(18)13-5/h2H,3-4H2,1H3,(H2,13,14,18). The molecule has 0 atom stereocenters. The van der Waals surface area contributed by atoms with E-state index in [1.807, 2.05) is 0 Å². The lowest BCUT2D eigenvalue weighted by Crippen LogP contribution is -2.00. The number of aromatic amines is 2. The van der Waals surface area contributed by atoms with Crippen LogP contribution in [0.4, 0.5) is 8.78 Å². The highest BCUT2D eigenvalue weighted by Crippen LogP contribution is 2.42. The second-order valence-electron chi connectivity index (χ2n) is 3.25. The van der Waals surface area contributed by atoms with Gasteiger partial charge in [0.2, 0.25) is 19.5 Å². The van der Waals surface area contributed by atoms with Crippen LogP contribution in [0, 0.1) is 4.77 Å². The summed E-state index contributed by atoms with van der Waals surface area (Å²) in [7, 11) is 1.35. The summed E-state index contributed by atoms with van der Waals surface area (Å²) >= 11 is 4.93. The lowest BCUT2D eigenvalue weighted by atomic mass is 10.2. The zero-order valence-corrected chi connectivity index (χ0v) is 10.2. The number of H-pyrrole nitrogens is 2. The second kappa shape index (κ2) is 5.21. The molecule has 0 fully saturated rings. The number of methoxy groups -OCH3 is 1. The molecule has 0 saturated heterocycles. The third-order valence-electron chi connectivity index (χ3n) is 2.30. The number of halogens is 2. The molecule has 0 unspecified atom stereocenters. The summed E-state index contributed by atoms with van der Waals surface area (Å²) in [6, 6.07) is 1.49. The smallest absolute Gasteiger partial charge is 0.228 e. The number of benzene rings is 1. The molecule has 1 aromatic heterocycles. The van der Waals surface area contributed by atoms with E-state index < -0.39 is 13.7 Å². The van der Waals surface area contributed by atoms with Gasteiger partial charge in [0.15, 0.2) is 16.3 Å². The van der Waals surface area contributed by atoms with Crippen molar-refractivity contribution >= 4 is 23.3 Å². The summed E-state index contributed by atoms with van der Waals surface area (Å²) in [5.41, 5.74) is 0.938. The van der Waals surface area contributed by atoms with Crippen molar-refractivity contribution in [1.82, 2.24) is 9.97 Å². The van der Waals surface area contributed by atoms with Crippen molar-refractivity contribution in [3.8, 4) is 17.2 Å². The van der Waals surface area contributed by atoms with E-state index in [9.17, 15) is 8.78 Å². The van der Waals surface area contributed by atoms with E-state index in [1.165, 1.54) is 13.2 Å². The number of fused-ring (bicyclic) bond motifs is 1. The lowest BCUT2D eigenvalue weighted by molar-refractivity contribution is 0.171. The third-order valence-corrected chi connectivity index (χ3v) is 2.51. The van der Waals surface area contributed by atoms with Crippen LogP contribution in [0.2, 0.25) is 0 Å². The molecule has 2 rings (SSSR count). The molecule has 0 bridgehead atoms. The number of imidazole rings is 1. The molecule has 0 saturated carbocycles. The van der Waals surface area contributed by atoms with Crippen LogP contribution in [0.25, 0.3) is 11.0 Å². The predicted molar refractivity (Wildman–Crippen MR) is 63.2 cm³/mol. The molecule has 0 aliphatic rings. The van der Waals surface area contributed by atoms with Crippen molar-refractivity contribution in [3.05, 3.63) is 10.8 Å². The summed E-state index contributed by atoms with van der Waals surface area (Å²) in [4.78, 5) is 5.60. The topological polar surface area (TPSA) is 59.3 Å². The largest absolute Gasteiger partial charge is 0.490 e. The number of hydrogen-bond acceptors (Lipinski definition) is 4. The number of ether oxygens (including phenoxy) is 3. The molecule has 0 radical (unpaired) electrons. The highest BCUT2D eigenvalue weighted by Gasteiger charge is 2.18. The van der Waals surface area contributed by atoms with Crippen molar-refractivity contribution in [2.24, 2.45) is 0 Å². The summed E-state index contributed by atoms with van der Waals surface area (Å²) < 4.78 is 39.7. The minimum absolute atomic E-state index is 0.0771. The van der Waals surface area contributed by atoms with Gasteiger partial charge in [-0.25, -0.2) is 8.78 Å². The first-order valence-electron chi connectivity index (χ1n) is 4.91. The van der Waals surface area contributed by atoms with Gasteiger partial charge in [0.1, 0.15) is 5.52 Å². The highest BCUT2D eigenvalue weighted by molar-refractivity contribution is 7.71. The van der Waals surface area contributed by atoms with Gasteiger partial charge in [-0.2, -0.15) is 0 Å². The Balaban J connectivity index is 2.73. The highest BCUT2D eigenvalue weighted by atomic mass is 32.1. The van der Waals surface area contributed by atoms with Crippen LogP contribution in [0.1, 0.15) is 0 Å². The van der Waals surface area contributed by atoms with Gasteiger partial charge in [-0.3, -0.25) is 0 Å².